The van der Waals surface area contributed by atoms with E-state index in [9.17, 15) is 9.18 Å². The van der Waals surface area contributed by atoms with Crippen LogP contribution < -0.4 is 11.1 Å². The number of carbonyl (C=O) groups is 1. The molecular weight excluding hydrogens is 267 g/mol. The number of hydrogen-bond donors (Lipinski definition) is 2. The van der Waals surface area contributed by atoms with E-state index in [4.69, 9.17) is 5.73 Å². The van der Waals surface area contributed by atoms with Gasteiger partial charge in [0.2, 0.25) is 5.91 Å². The third-order valence-electron chi connectivity index (χ3n) is 3.55. The quantitative estimate of drug-likeness (QED) is 0.840. The number of halogens is 1. The SMILES string of the molecule is CC(CC(=O)Nc1ccc(C#CCN)c(F)c1)C(C)(C)C. The zero-order chi connectivity index (χ0) is 16.0. The Hall–Kier alpha value is -1.86. The summed E-state index contributed by atoms with van der Waals surface area (Å²) in [6.07, 6.45) is 0.403. The largest absolute Gasteiger partial charge is 0.326 e. The fraction of sp³-hybridized carbons (Fsp3) is 0.471. The Balaban J connectivity index is 2.72. The van der Waals surface area contributed by atoms with Crippen LogP contribution in [-0.4, -0.2) is 12.5 Å². The first-order chi connectivity index (χ1) is 9.74. The van der Waals surface area contributed by atoms with Crippen LogP contribution in [0, 0.1) is 29.0 Å². The number of nitrogens with two attached hydrogens (primary N) is 1. The van der Waals surface area contributed by atoms with E-state index in [2.05, 4.69) is 37.9 Å². The standard InChI is InChI=1S/C17H23FN2O/c1-12(17(2,3)4)10-16(21)20-14-8-7-13(6-5-9-19)15(18)11-14/h7-8,11-12H,9-10,19H2,1-4H3,(H,20,21). The minimum absolute atomic E-state index is 0.0598. The number of carbonyl (C=O) groups excluding carboxylic acids is 1. The average molecular weight is 290 g/mol. The lowest BCUT2D eigenvalue weighted by molar-refractivity contribution is -0.117. The van der Waals surface area contributed by atoms with Crippen molar-refractivity contribution in [2.45, 2.75) is 34.1 Å². The van der Waals surface area contributed by atoms with Crippen LogP contribution in [0.1, 0.15) is 39.7 Å². The number of rotatable bonds is 3. The van der Waals surface area contributed by atoms with Crippen molar-refractivity contribution in [1.29, 1.82) is 0 Å². The van der Waals surface area contributed by atoms with Crippen molar-refractivity contribution in [2.24, 2.45) is 17.1 Å². The maximum absolute atomic E-state index is 13.8. The van der Waals surface area contributed by atoms with E-state index in [1.165, 1.54) is 6.07 Å². The first-order valence-electron chi connectivity index (χ1n) is 7.02. The molecule has 114 valence electrons. The average Bonchev–Trinajstić information content (AvgIpc) is 2.36. The summed E-state index contributed by atoms with van der Waals surface area (Å²) in [5.74, 6) is 4.90. The molecule has 4 heteroatoms. The Labute approximate surface area is 126 Å². The van der Waals surface area contributed by atoms with Crippen LogP contribution in [0.15, 0.2) is 18.2 Å². The molecule has 0 aromatic heterocycles. The fourth-order valence-electron chi connectivity index (χ4n) is 1.64. The zero-order valence-electron chi connectivity index (χ0n) is 13.1. The monoisotopic (exact) mass is 290 g/mol. The van der Waals surface area contributed by atoms with Gasteiger partial charge in [0.05, 0.1) is 12.1 Å². The molecule has 3 N–H and O–H groups in total. The van der Waals surface area contributed by atoms with Crippen molar-refractivity contribution < 1.29 is 9.18 Å². The highest BCUT2D eigenvalue weighted by Gasteiger charge is 2.22. The van der Waals surface area contributed by atoms with Crippen molar-refractivity contribution in [3.8, 4) is 11.8 Å². The highest BCUT2D eigenvalue weighted by molar-refractivity contribution is 5.90. The number of anilines is 1. The molecule has 0 aliphatic carbocycles. The van der Waals surface area contributed by atoms with Crippen molar-refractivity contribution in [2.75, 3.05) is 11.9 Å². The van der Waals surface area contributed by atoms with E-state index in [1.54, 1.807) is 12.1 Å². The van der Waals surface area contributed by atoms with E-state index < -0.39 is 5.82 Å². The molecule has 1 atom stereocenters. The smallest absolute Gasteiger partial charge is 0.224 e. The van der Waals surface area contributed by atoms with E-state index in [0.717, 1.165) is 0 Å². The summed E-state index contributed by atoms with van der Waals surface area (Å²) in [6, 6.07) is 4.46. The maximum Gasteiger partial charge on any atom is 0.224 e. The summed E-state index contributed by atoms with van der Waals surface area (Å²) >= 11 is 0. The van der Waals surface area contributed by atoms with Gasteiger partial charge in [-0.15, -0.1) is 0 Å². The first-order valence-corrected chi connectivity index (χ1v) is 7.02. The Morgan fingerprint density at radius 3 is 2.62 bits per heavy atom. The summed E-state index contributed by atoms with van der Waals surface area (Å²) in [4.78, 5) is 12.0. The third-order valence-corrected chi connectivity index (χ3v) is 3.55. The van der Waals surface area contributed by atoms with Crippen LogP contribution in [0.4, 0.5) is 10.1 Å². The van der Waals surface area contributed by atoms with Gasteiger partial charge in [-0.25, -0.2) is 4.39 Å². The molecule has 0 bridgehead atoms. The van der Waals surface area contributed by atoms with Crippen LogP contribution in [0.5, 0.6) is 0 Å². The number of hydrogen-bond acceptors (Lipinski definition) is 2. The van der Waals surface area contributed by atoms with Crippen LogP contribution in [0.25, 0.3) is 0 Å². The van der Waals surface area contributed by atoms with Gasteiger partial charge in [-0.05, 0) is 29.5 Å². The normalized spacial score (nSPS) is 12.3. The summed E-state index contributed by atoms with van der Waals surface area (Å²) in [5.41, 5.74) is 6.03. The summed E-state index contributed by atoms with van der Waals surface area (Å²) in [6.45, 7) is 8.49. The van der Waals surface area contributed by atoms with Gasteiger partial charge in [0.15, 0.2) is 0 Å². The van der Waals surface area contributed by atoms with Gasteiger partial charge < -0.3 is 11.1 Å². The van der Waals surface area contributed by atoms with Crippen LogP contribution in [-0.2, 0) is 4.79 Å². The second kappa shape index (κ2) is 7.24. The maximum atomic E-state index is 13.8. The molecule has 1 rings (SSSR count). The highest BCUT2D eigenvalue weighted by atomic mass is 19.1. The Kier molecular flexibility index (Phi) is 5.92. The second-order valence-corrected chi connectivity index (χ2v) is 6.22. The topological polar surface area (TPSA) is 55.1 Å². The molecule has 0 saturated carbocycles. The molecule has 0 aliphatic heterocycles. The van der Waals surface area contributed by atoms with E-state index in [1.807, 2.05) is 6.92 Å². The Bertz CT molecular complexity index is 564. The molecule has 0 spiro atoms. The van der Waals surface area contributed by atoms with Gasteiger partial charge in [0.1, 0.15) is 5.82 Å². The third kappa shape index (κ3) is 5.57. The van der Waals surface area contributed by atoms with Crippen LogP contribution in [0.3, 0.4) is 0 Å². The fourth-order valence-corrected chi connectivity index (χ4v) is 1.64. The molecule has 21 heavy (non-hydrogen) atoms. The van der Waals surface area contributed by atoms with Crippen molar-refractivity contribution in [1.82, 2.24) is 0 Å². The number of amides is 1. The van der Waals surface area contributed by atoms with Crippen molar-refractivity contribution in [3.05, 3.63) is 29.6 Å². The molecule has 0 radical (unpaired) electrons. The minimum Gasteiger partial charge on any atom is -0.326 e. The van der Waals surface area contributed by atoms with Gasteiger partial charge in [0.25, 0.3) is 0 Å². The molecule has 0 heterocycles. The van der Waals surface area contributed by atoms with Gasteiger partial charge >= 0.3 is 0 Å². The summed E-state index contributed by atoms with van der Waals surface area (Å²) in [7, 11) is 0. The lowest BCUT2D eigenvalue weighted by Gasteiger charge is -2.26. The predicted octanol–water partition coefficient (Wildman–Crippen LogP) is 3.15. The van der Waals surface area contributed by atoms with Gasteiger partial charge in [0, 0.05) is 12.1 Å². The molecule has 1 amide bonds. The Morgan fingerprint density at radius 1 is 1.43 bits per heavy atom. The molecule has 1 aromatic rings. The van der Waals surface area contributed by atoms with E-state index in [-0.39, 0.29) is 29.3 Å². The molecule has 3 nitrogen and oxygen atoms in total. The molecule has 0 aliphatic rings. The number of benzene rings is 1. The summed E-state index contributed by atoms with van der Waals surface area (Å²) in [5, 5.41) is 2.72. The minimum atomic E-state index is -0.461. The Morgan fingerprint density at radius 2 is 2.10 bits per heavy atom. The molecule has 0 fully saturated rings. The zero-order valence-corrected chi connectivity index (χ0v) is 13.1. The lowest BCUT2D eigenvalue weighted by atomic mass is 9.80. The molecule has 0 saturated heterocycles. The van der Waals surface area contributed by atoms with E-state index in [0.29, 0.717) is 12.1 Å². The van der Waals surface area contributed by atoms with Gasteiger partial charge in [-0.2, -0.15) is 0 Å². The van der Waals surface area contributed by atoms with Crippen molar-refractivity contribution >= 4 is 11.6 Å². The van der Waals surface area contributed by atoms with Crippen molar-refractivity contribution in [3.63, 3.8) is 0 Å². The van der Waals surface area contributed by atoms with Gasteiger partial charge in [-0.3, -0.25) is 4.79 Å². The summed E-state index contributed by atoms with van der Waals surface area (Å²) < 4.78 is 13.8. The van der Waals surface area contributed by atoms with E-state index >= 15 is 0 Å². The van der Waals surface area contributed by atoms with Crippen LogP contribution in [0.2, 0.25) is 0 Å². The van der Waals surface area contributed by atoms with Crippen LogP contribution >= 0.6 is 0 Å². The first kappa shape index (κ1) is 17.2. The van der Waals surface area contributed by atoms with Gasteiger partial charge in [-0.1, -0.05) is 39.5 Å². The highest BCUT2D eigenvalue weighted by Crippen LogP contribution is 2.28. The second-order valence-electron chi connectivity index (χ2n) is 6.22. The lowest BCUT2D eigenvalue weighted by Crippen LogP contribution is -2.23. The number of nitrogens with one attached hydrogen (secondary N) is 1. The molecule has 1 aromatic carbocycles. The molecule has 1 unspecified atom stereocenters. The predicted molar refractivity (Wildman–Crippen MR) is 84.2 cm³/mol. The molecular formula is C17H23FN2O.